The van der Waals surface area contributed by atoms with Crippen LogP contribution in [-0.2, 0) is 13.6 Å². The van der Waals surface area contributed by atoms with E-state index in [-0.39, 0.29) is 22.1 Å². The third-order valence-corrected chi connectivity index (χ3v) is 17.3. The fourth-order valence-electron chi connectivity index (χ4n) is 4.42. The molecule has 1 N–H and O–H groups in total. The van der Waals surface area contributed by atoms with Gasteiger partial charge in [0.2, 0.25) is 0 Å². The highest BCUT2D eigenvalue weighted by Gasteiger charge is 2.51. The van der Waals surface area contributed by atoms with Crippen molar-refractivity contribution in [1.29, 1.82) is 0 Å². The molecule has 198 valence electrons. The number of hydrogen-bond acceptors (Lipinski definition) is 3. The third-order valence-electron chi connectivity index (χ3n) is 7.76. The summed E-state index contributed by atoms with van der Waals surface area (Å²) >= 11 is 0. The molecule has 36 heavy (non-hydrogen) atoms. The van der Waals surface area contributed by atoms with Crippen molar-refractivity contribution in [1.82, 2.24) is 0 Å². The average Bonchev–Trinajstić information content (AvgIpc) is 2.77. The molecule has 0 amide bonds. The van der Waals surface area contributed by atoms with E-state index in [9.17, 15) is 9.90 Å². The minimum atomic E-state index is -2.75. The lowest BCUT2D eigenvalue weighted by molar-refractivity contribution is -0.131. The number of benzene rings is 2. The quantitative estimate of drug-likeness (QED) is 0.279. The predicted molar refractivity (Wildman–Crippen MR) is 156 cm³/mol. The largest absolute Gasteiger partial charge is 0.478 e. The van der Waals surface area contributed by atoms with Crippen LogP contribution in [0.4, 0.5) is 0 Å². The summed E-state index contributed by atoms with van der Waals surface area (Å²) in [6.45, 7) is 22.3. The molecule has 0 fully saturated rings. The number of aliphatic carboxylic acids is 1. The van der Waals surface area contributed by atoms with Gasteiger partial charge in [-0.25, -0.2) is 4.79 Å². The molecule has 2 rings (SSSR count). The molecule has 0 aliphatic heterocycles. The Morgan fingerprint density at radius 2 is 1.33 bits per heavy atom. The van der Waals surface area contributed by atoms with Crippen molar-refractivity contribution in [3.05, 3.63) is 72.3 Å². The first-order chi connectivity index (χ1) is 16.5. The van der Waals surface area contributed by atoms with E-state index in [1.54, 1.807) is 0 Å². The maximum atomic E-state index is 11.5. The van der Waals surface area contributed by atoms with E-state index >= 15 is 0 Å². The van der Waals surface area contributed by atoms with Crippen LogP contribution in [0.5, 0.6) is 0 Å². The zero-order valence-electron chi connectivity index (χ0n) is 23.9. The number of carboxylic acids is 1. The molecule has 2 aromatic rings. The fourth-order valence-corrected chi connectivity index (χ4v) is 10.4. The molecule has 0 heterocycles. The van der Waals surface area contributed by atoms with Crippen LogP contribution in [0.15, 0.2) is 72.3 Å². The van der Waals surface area contributed by atoms with E-state index in [2.05, 4.69) is 110 Å². The molecule has 0 spiro atoms. The first-order valence-corrected chi connectivity index (χ1v) is 17.7. The van der Waals surface area contributed by atoms with Gasteiger partial charge in [0.25, 0.3) is 8.32 Å². The van der Waals surface area contributed by atoms with Gasteiger partial charge >= 0.3 is 5.97 Å². The molecule has 0 aliphatic rings. The minimum Gasteiger partial charge on any atom is -0.478 e. The molecule has 0 saturated heterocycles. The smallest absolute Gasteiger partial charge is 0.328 e. The summed E-state index contributed by atoms with van der Waals surface area (Å²) in [6.07, 6.45) is 1.04. The van der Waals surface area contributed by atoms with Crippen LogP contribution in [0.2, 0.25) is 23.2 Å². The van der Waals surface area contributed by atoms with Gasteiger partial charge in [-0.2, -0.15) is 0 Å². The van der Waals surface area contributed by atoms with Crippen molar-refractivity contribution in [2.24, 2.45) is 5.92 Å². The Hall–Kier alpha value is -2.00. The Kier molecular flexibility index (Phi) is 9.73. The molecular formula is C30H46O4Si2. The maximum Gasteiger partial charge on any atom is 0.328 e. The highest BCUT2D eigenvalue weighted by Crippen LogP contribution is 2.40. The summed E-state index contributed by atoms with van der Waals surface area (Å²) in [4.78, 5) is 11.5. The van der Waals surface area contributed by atoms with E-state index in [1.807, 2.05) is 19.1 Å². The molecule has 0 aliphatic carbocycles. The van der Waals surface area contributed by atoms with E-state index in [1.165, 1.54) is 16.4 Å². The summed E-state index contributed by atoms with van der Waals surface area (Å²) in [5.74, 6) is -1.04. The van der Waals surface area contributed by atoms with E-state index < -0.39 is 22.6 Å². The van der Waals surface area contributed by atoms with Crippen molar-refractivity contribution in [2.45, 2.75) is 84.7 Å². The minimum absolute atomic E-state index is 0.0206. The maximum absolute atomic E-state index is 11.5. The standard InChI is InChI=1S/C30H46O4Si2/c1-23(21-28(31)32)24(2)27(34-35(9,10)29(3,4)5)22-33-36(30(6,7)8,25-17-13-11-14-18-25)26-19-15-12-16-20-26/h11-21,24,27H,22H2,1-10H3,(H,31,32)/b23-21+/t24-,27+/m1/s1. The lowest BCUT2D eigenvalue weighted by Crippen LogP contribution is -2.67. The Labute approximate surface area is 221 Å². The van der Waals surface area contributed by atoms with E-state index in [0.29, 0.717) is 6.61 Å². The monoisotopic (exact) mass is 526 g/mol. The lowest BCUT2D eigenvalue weighted by atomic mass is 9.96. The highest BCUT2D eigenvalue weighted by molar-refractivity contribution is 6.99. The number of rotatable bonds is 10. The van der Waals surface area contributed by atoms with Crippen molar-refractivity contribution < 1.29 is 18.8 Å². The van der Waals surface area contributed by atoms with Crippen LogP contribution in [0, 0.1) is 5.92 Å². The Morgan fingerprint density at radius 3 is 1.69 bits per heavy atom. The number of carboxylic acid groups (broad SMARTS) is 1. The topological polar surface area (TPSA) is 55.8 Å². The predicted octanol–water partition coefficient (Wildman–Crippen LogP) is 6.62. The van der Waals surface area contributed by atoms with E-state index in [4.69, 9.17) is 8.85 Å². The van der Waals surface area contributed by atoms with Gasteiger partial charge in [-0.05, 0) is 40.5 Å². The molecule has 0 bridgehead atoms. The molecular weight excluding hydrogens is 480 g/mol. The van der Waals surface area contributed by atoms with Gasteiger partial charge in [0, 0.05) is 12.0 Å². The Bertz CT molecular complexity index is 979. The first-order valence-electron chi connectivity index (χ1n) is 12.9. The molecule has 0 unspecified atom stereocenters. The second-order valence-electron chi connectivity index (χ2n) is 12.4. The van der Waals surface area contributed by atoms with Crippen molar-refractivity contribution in [3.63, 3.8) is 0 Å². The van der Waals surface area contributed by atoms with Crippen molar-refractivity contribution >= 4 is 33.0 Å². The first kappa shape index (κ1) is 30.2. The number of hydrogen-bond donors (Lipinski definition) is 1. The second kappa shape index (κ2) is 11.6. The second-order valence-corrected chi connectivity index (χ2v) is 21.5. The fraction of sp³-hybridized carbons (Fsp3) is 0.500. The SMILES string of the molecule is C/C(=C\C(=O)O)[C@@H](C)[C@H](CO[Si](c1ccccc1)(c1ccccc1)C(C)(C)C)O[Si](C)(C)C(C)(C)C. The van der Waals surface area contributed by atoms with Gasteiger partial charge < -0.3 is 14.0 Å². The molecule has 0 aromatic heterocycles. The van der Waals surface area contributed by atoms with Gasteiger partial charge in [-0.3, -0.25) is 0 Å². The van der Waals surface area contributed by atoms with Gasteiger partial charge in [-0.15, -0.1) is 0 Å². The molecule has 2 aromatic carbocycles. The zero-order chi connectivity index (χ0) is 27.4. The van der Waals surface area contributed by atoms with Crippen molar-refractivity contribution in [3.8, 4) is 0 Å². The highest BCUT2D eigenvalue weighted by atomic mass is 28.4. The van der Waals surface area contributed by atoms with Gasteiger partial charge in [-0.1, -0.05) is 115 Å². The normalized spacial score (nSPS) is 15.4. The molecule has 6 heteroatoms. The summed E-state index contributed by atoms with van der Waals surface area (Å²) < 4.78 is 14.2. The zero-order valence-corrected chi connectivity index (χ0v) is 25.9. The molecule has 4 nitrogen and oxygen atoms in total. The van der Waals surface area contributed by atoms with Gasteiger partial charge in [0.15, 0.2) is 8.32 Å². The summed E-state index contributed by atoms with van der Waals surface area (Å²) in [5.41, 5.74) is 0.789. The van der Waals surface area contributed by atoms with Crippen molar-refractivity contribution in [2.75, 3.05) is 6.61 Å². The van der Waals surface area contributed by atoms with Crippen LogP contribution >= 0.6 is 0 Å². The van der Waals surface area contributed by atoms with Gasteiger partial charge in [0.1, 0.15) is 0 Å². The average molecular weight is 527 g/mol. The van der Waals surface area contributed by atoms with Crippen LogP contribution in [0.3, 0.4) is 0 Å². The van der Waals surface area contributed by atoms with Crippen LogP contribution in [0.1, 0.15) is 55.4 Å². The summed E-state index contributed by atoms with van der Waals surface area (Å²) in [7, 11) is -4.90. The van der Waals surface area contributed by atoms with Gasteiger partial charge in [0.05, 0.1) is 12.7 Å². The Balaban J connectivity index is 2.62. The van der Waals surface area contributed by atoms with E-state index in [0.717, 1.165) is 5.57 Å². The molecule has 0 saturated carbocycles. The summed E-state index contributed by atoms with van der Waals surface area (Å²) in [6, 6.07) is 21.2. The Morgan fingerprint density at radius 1 is 0.889 bits per heavy atom. The summed E-state index contributed by atoms with van der Waals surface area (Å²) in [5, 5.41) is 11.7. The van der Waals surface area contributed by atoms with Crippen LogP contribution in [-0.4, -0.2) is 40.4 Å². The molecule has 2 atom stereocenters. The molecule has 0 radical (unpaired) electrons. The number of carbonyl (C=O) groups is 1. The van der Waals surface area contributed by atoms with Crippen LogP contribution < -0.4 is 10.4 Å². The van der Waals surface area contributed by atoms with Crippen LogP contribution in [0.25, 0.3) is 0 Å². The third kappa shape index (κ3) is 6.85. The lowest BCUT2D eigenvalue weighted by Gasteiger charge is -2.46.